The maximum absolute atomic E-state index is 12.7. The van der Waals surface area contributed by atoms with Gasteiger partial charge in [-0.15, -0.1) is 0 Å². The van der Waals surface area contributed by atoms with Crippen LogP contribution in [0.3, 0.4) is 0 Å². The number of rotatable bonds is 6. The summed E-state index contributed by atoms with van der Waals surface area (Å²) in [5, 5.41) is 3.67. The number of fused-ring (bicyclic) bond motifs is 1. The second kappa shape index (κ2) is 7.70. The van der Waals surface area contributed by atoms with Crippen molar-refractivity contribution in [2.45, 2.75) is 30.8 Å². The number of thioether (sulfide) groups is 1. The van der Waals surface area contributed by atoms with E-state index in [9.17, 15) is 4.79 Å². The first kappa shape index (κ1) is 17.5. The molecule has 0 bridgehead atoms. The summed E-state index contributed by atoms with van der Waals surface area (Å²) < 4.78 is 2.05. The summed E-state index contributed by atoms with van der Waals surface area (Å²) in [4.78, 5) is 21.4. The summed E-state index contributed by atoms with van der Waals surface area (Å²) in [5.74, 6) is 0.217. The third-order valence-electron chi connectivity index (χ3n) is 4.03. The topological polar surface area (TPSA) is 59.8 Å². The minimum Gasteiger partial charge on any atom is -0.351 e. The number of aromatic nitrogens is 3. The van der Waals surface area contributed by atoms with Gasteiger partial charge in [0.25, 0.3) is 0 Å². The molecule has 0 spiro atoms. The molecule has 0 aliphatic carbocycles. The lowest BCUT2D eigenvalue weighted by atomic mass is 10.1. The van der Waals surface area contributed by atoms with E-state index in [0.29, 0.717) is 6.54 Å². The Labute approximate surface area is 151 Å². The maximum atomic E-state index is 12.7. The summed E-state index contributed by atoms with van der Waals surface area (Å²) in [5.41, 5.74) is 3.01. The molecule has 0 saturated heterocycles. The minimum atomic E-state index is -0.202. The molecule has 1 amide bonds. The number of hydrogen-bond donors (Lipinski definition) is 1. The lowest BCUT2D eigenvalue weighted by Crippen LogP contribution is -2.35. The Hall–Kier alpha value is -2.34. The summed E-state index contributed by atoms with van der Waals surface area (Å²) in [6.07, 6.45) is 3.49. The Balaban J connectivity index is 1.74. The second-order valence-corrected chi connectivity index (χ2v) is 7.41. The first-order valence-electron chi connectivity index (χ1n) is 8.31. The van der Waals surface area contributed by atoms with Crippen molar-refractivity contribution in [1.29, 1.82) is 0 Å². The molecule has 3 aromatic rings. The van der Waals surface area contributed by atoms with E-state index < -0.39 is 0 Å². The largest absolute Gasteiger partial charge is 0.351 e. The molecular weight excluding hydrogens is 332 g/mol. The third kappa shape index (κ3) is 4.02. The molecule has 25 heavy (non-hydrogen) atoms. The number of nitrogens with one attached hydrogen (secondary N) is 1. The lowest BCUT2D eigenvalue weighted by Gasteiger charge is -2.19. The highest BCUT2D eigenvalue weighted by Gasteiger charge is 2.25. The van der Waals surface area contributed by atoms with E-state index in [2.05, 4.69) is 29.1 Å². The monoisotopic (exact) mass is 354 g/mol. The van der Waals surface area contributed by atoms with Crippen LogP contribution in [0.15, 0.2) is 53.9 Å². The van der Waals surface area contributed by atoms with Gasteiger partial charge in [-0.2, -0.15) is 0 Å². The lowest BCUT2D eigenvalue weighted by molar-refractivity contribution is -0.121. The molecule has 2 aromatic heterocycles. The van der Waals surface area contributed by atoms with E-state index in [1.807, 2.05) is 48.0 Å². The van der Waals surface area contributed by atoms with Crippen LogP contribution in [-0.2, 0) is 18.4 Å². The predicted molar refractivity (Wildman–Crippen MR) is 101 cm³/mol. The number of nitrogens with zero attached hydrogens (tertiary/aromatic N) is 3. The second-order valence-electron chi connectivity index (χ2n) is 6.30. The van der Waals surface area contributed by atoms with Crippen LogP contribution >= 0.6 is 11.8 Å². The Morgan fingerprint density at radius 1 is 1.24 bits per heavy atom. The van der Waals surface area contributed by atoms with Gasteiger partial charge in [0.2, 0.25) is 5.91 Å². The van der Waals surface area contributed by atoms with Crippen molar-refractivity contribution >= 4 is 28.7 Å². The smallest absolute Gasteiger partial charge is 0.234 e. The number of aryl methyl sites for hydroxylation is 1. The molecule has 0 unspecified atom stereocenters. The average Bonchev–Trinajstić information content (AvgIpc) is 2.94. The van der Waals surface area contributed by atoms with Crippen molar-refractivity contribution < 1.29 is 4.79 Å². The fraction of sp³-hybridized carbons (Fsp3) is 0.316. The number of benzene rings is 1. The van der Waals surface area contributed by atoms with E-state index >= 15 is 0 Å². The standard InChI is InChI=1S/C19H22N4OS/c1-13(2)17(18(24)21-12-14-7-6-10-20-11-14)25-19-22-15-8-4-5-9-16(15)23(19)3/h4-11,13,17H,12H2,1-3H3,(H,21,24)/t17-/m0/s1. The molecule has 2 heterocycles. The highest BCUT2D eigenvalue weighted by Crippen LogP contribution is 2.30. The Morgan fingerprint density at radius 2 is 2.04 bits per heavy atom. The Kier molecular flexibility index (Phi) is 5.38. The molecule has 1 atom stereocenters. The van der Waals surface area contributed by atoms with E-state index in [-0.39, 0.29) is 17.1 Å². The molecule has 1 aromatic carbocycles. The highest BCUT2D eigenvalue weighted by atomic mass is 32.2. The highest BCUT2D eigenvalue weighted by molar-refractivity contribution is 8.00. The van der Waals surface area contributed by atoms with Crippen molar-refractivity contribution in [3.63, 3.8) is 0 Å². The molecule has 0 saturated carbocycles. The zero-order valence-corrected chi connectivity index (χ0v) is 15.5. The summed E-state index contributed by atoms with van der Waals surface area (Å²) in [7, 11) is 1.99. The van der Waals surface area contributed by atoms with E-state index in [1.54, 1.807) is 12.4 Å². The molecular formula is C19H22N4OS. The van der Waals surface area contributed by atoms with Crippen LogP contribution in [0, 0.1) is 5.92 Å². The van der Waals surface area contributed by atoms with E-state index in [4.69, 9.17) is 0 Å². The molecule has 6 heteroatoms. The molecule has 130 valence electrons. The normalized spacial score (nSPS) is 12.5. The van der Waals surface area contributed by atoms with Gasteiger partial charge in [-0.1, -0.05) is 43.8 Å². The van der Waals surface area contributed by atoms with Gasteiger partial charge >= 0.3 is 0 Å². The summed E-state index contributed by atoms with van der Waals surface area (Å²) in [6.45, 7) is 4.60. The number of carbonyl (C=O) groups is 1. The van der Waals surface area contributed by atoms with Crippen LogP contribution < -0.4 is 5.32 Å². The number of hydrogen-bond acceptors (Lipinski definition) is 4. The Bertz CT molecular complexity index is 860. The maximum Gasteiger partial charge on any atom is 0.234 e. The van der Waals surface area contributed by atoms with Gasteiger partial charge in [0.1, 0.15) is 0 Å². The van der Waals surface area contributed by atoms with Crippen LogP contribution in [-0.4, -0.2) is 25.7 Å². The zero-order valence-electron chi connectivity index (χ0n) is 14.6. The Morgan fingerprint density at radius 3 is 2.72 bits per heavy atom. The zero-order chi connectivity index (χ0) is 17.8. The first-order chi connectivity index (χ1) is 12.1. The van der Waals surface area contributed by atoms with Crippen LogP contribution in [0.4, 0.5) is 0 Å². The predicted octanol–water partition coefficient (Wildman–Crippen LogP) is 3.40. The average molecular weight is 354 g/mol. The van der Waals surface area contributed by atoms with Crippen LogP contribution in [0.5, 0.6) is 0 Å². The molecule has 1 N–H and O–H groups in total. The summed E-state index contributed by atoms with van der Waals surface area (Å²) >= 11 is 1.52. The SMILES string of the molecule is CC(C)[C@H](Sc1nc2ccccc2n1C)C(=O)NCc1cccnc1. The molecule has 0 radical (unpaired) electrons. The van der Waals surface area contributed by atoms with Crippen LogP contribution in [0.1, 0.15) is 19.4 Å². The van der Waals surface area contributed by atoms with Crippen LogP contribution in [0.2, 0.25) is 0 Å². The van der Waals surface area contributed by atoms with Gasteiger partial charge in [-0.05, 0) is 29.7 Å². The fourth-order valence-corrected chi connectivity index (χ4v) is 3.72. The quantitative estimate of drug-likeness (QED) is 0.689. The van der Waals surface area contributed by atoms with Crippen molar-refractivity contribution in [1.82, 2.24) is 19.9 Å². The van der Waals surface area contributed by atoms with Gasteiger partial charge < -0.3 is 9.88 Å². The van der Waals surface area contributed by atoms with Gasteiger partial charge in [-0.3, -0.25) is 9.78 Å². The number of imidazole rings is 1. The molecule has 3 rings (SSSR count). The number of carbonyl (C=O) groups excluding carboxylic acids is 1. The third-order valence-corrected chi connectivity index (χ3v) is 5.62. The minimum absolute atomic E-state index is 0.0240. The van der Waals surface area contributed by atoms with E-state index in [1.165, 1.54) is 11.8 Å². The molecule has 0 fully saturated rings. The van der Waals surface area contributed by atoms with Crippen molar-refractivity contribution in [3.05, 3.63) is 54.4 Å². The van der Waals surface area contributed by atoms with Crippen molar-refractivity contribution in [2.24, 2.45) is 13.0 Å². The van der Waals surface area contributed by atoms with Crippen LogP contribution in [0.25, 0.3) is 11.0 Å². The summed E-state index contributed by atoms with van der Waals surface area (Å²) in [6, 6.07) is 11.8. The number of pyridine rings is 1. The van der Waals surface area contributed by atoms with Gasteiger partial charge in [0, 0.05) is 26.0 Å². The number of para-hydroxylation sites is 2. The molecule has 5 nitrogen and oxygen atoms in total. The molecule has 0 aliphatic rings. The van der Waals surface area contributed by atoms with Gasteiger partial charge in [0.05, 0.1) is 16.3 Å². The number of amides is 1. The molecule has 0 aliphatic heterocycles. The fourth-order valence-electron chi connectivity index (χ4n) is 2.63. The van der Waals surface area contributed by atoms with Crippen molar-refractivity contribution in [2.75, 3.05) is 0 Å². The van der Waals surface area contributed by atoms with Gasteiger partial charge in [0.15, 0.2) is 5.16 Å². The van der Waals surface area contributed by atoms with E-state index in [0.717, 1.165) is 21.8 Å². The first-order valence-corrected chi connectivity index (χ1v) is 9.19. The van der Waals surface area contributed by atoms with Crippen molar-refractivity contribution in [3.8, 4) is 0 Å². The van der Waals surface area contributed by atoms with Gasteiger partial charge in [-0.25, -0.2) is 4.98 Å².